The van der Waals surface area contributed by atoms with Crippen LogP contribution in [0.25, 0.3) is 33.4 Å². The predicted octanol–water partition coefficient (Wildman–Crippen LogP) is 8.03. The first-order valence-corrected chi connectivity index (χ1v) is 27.5. The third kappa shape index (κ3) is 11.0. The van der Waals surface area contributed by atoms with E-state index in [0.29, 0.717) is 55.6 Å². The highest BCUT2D eigenvalue weighted by Gasteiger charge is 2.47. The summed E-state index contributed by atoms with van der Waals surface area (Å²) in [7, 11) is 1.73. The van der Waals surface area contributed by atoms with E-state index in [1.54, 1.807) is 20.3 Å². The number of carbonyl (C=O) groups excluding carboxylic acids is 4. The number of benzene rings is 4. The van der Waals surface area contributed by atoms with Gasteiger partial charge in [-0.05, 0) is 130 Å². The minimum atomic E-state index is -1.18. The van der Waals surface area contributed by atoms with Gasteiger partial charge in [0.15, 0.2) is 0 Å². The zero-order chi connectivity index (χ0) is 52.1. The van der Waals surface area contributed by atoms with Crippen LogP contribution in [0.3, 0.4) is 0 Å². The fraction of sp³-hybridized carbons (Fsp3) is 0.443. The largest absolute Gasteiger partial charge is 0.393 e. The summed E-state index contributed by atoms with van der Waals surface area (Å²) in [5.41, 5.74) is 7.67. The lowest BCUT2D eigenvalue weighted by Crippen LogP contribution is -2.65. The molecule has 75 heavy (non-hydrogen) atoms. The second-order valence-corrected chi connectivity index (χ2v) is 21.8. The van der Waals surface area contributed by atoms with E-state index in [4.69, 9.17) is 4.98 Å². The molecule has 0 bridgehead atoms. The van der Waals surface area contributed by atoms with Crippen molar-refractivity contribution in [1.29, 1.82) is 5.41 Å². The number of likely N-dealkylation sites (tertiary alicyclic amines) is 1. The molecule has 6 aromatic rings. The molecule has 3 fully saturated rings. The van der Waals surface area contributed by atoms with Crippen LogP contribution < -0.4 is 26.8 Å². The molecule has 1 saturated heterocycles. The van der Waals surface area contributed by atoms with Gasteiger partial charge in [0.05, 0.1) is 41.6 Å². The Labute approximate surface area is 440 Å². The van der Waals surface area contributed by atoms with Gasteiger partial charge in [-0.2, -0.15) is 0 Å². The van der Waals surface area contributed by atoms with Crippen molar-refractivity contribution in [3.63, 3.8) is 0 Å². The lowest BCUT2D eigenvalue weighted by Gasteiger charge is -2.43. The Kier molecular flexibility index (Phi) is 15.9. The van der Waals surface area contributed by atoms with Crippen LogP contribution in [0.4, 0.5) is 0 Å². The summed E-state index contributed by atoms with van der Waals surface area (Å²) < 4.78 is 4.19. The van der Waals surface area contributed by atoms with Crippen LogP contribution in [0.5, 0.6) is 0 Å². The topological polar surface area (TPSA) is 186 Å². The SMILES string of the molecule is CN[C@@H](C)C(=O)NC(C=O)(CN1CC(CNC(=O)c2ccc(Cn3c(-c4ccccc4)c(-c4ccccc4)c4c(=N)n(C5CCC(O)CC5)cnc43)cc2)C[C@H]1C(=O)N[C@@H]1CCCc2ccccc21)C1CCCCC1. The first-order chi connectivity index (χ1) is 36.5. The maximum Gasteiger partial charge on any atom is 0.251 e. The van der Waals surface area contributed by atoms with Crippen molar-refractivity contribution in [3.05, 3.63) is 143 Å². The number of nitrogens with zero attached hydrogens (tertiary/aromatic N) is 4. The van der Waals surface area contributed by atoms with Gasteiger partial charge in [-0.1, -0.05) is 116 Å². The Hall–Kier alpha value is -6.74. The Morgan fingerprint density at radius 1 is 0.840 bits per heavy atom. The molecule has 5 atom stereocenters. The maximum atomic E-state index is 14.6. The van der Waals surface area contributed by atoms with E-state index in [-0.39, 0.29) is 54.3 Å². The van der Waals surface area contributed by atoms with Crippen molar-refractivity contribution in [2.24, 2.45) is 11.8 Å². The van der Waals surface area contributed by atoms with E-state index < -0.39 is 17.6 Å². The van der Waals surface area contributed by atoms with Crippen molar-refractivity contribution in [2.45, 2.75) is 133 Å². The minimum absolute atomic E-state index is 0.0689. The molecule has 392 valence electrons. The van der Waals surface area contributed by atoms with Crippen LogP contribution in [0.2, 0.25) is 0 Å². The molecule has 14 heteroatoms. The molecule has 3 amide bonds. The Morgan fingerprint density at radius 3 is 2.24 bits per heavy atom. The molecule has 4 aliphatic rings. The number of carbonyl (C=O) groups is 4. The highest BCUT2D eigenvalue weighted by molar-refractivity contribution is 6.02. The number of nitrogens with one attached hydrogen (secondary N) is 5. The van der Waals surface area contributed by atoms with Crippen LogP contribution in [0.15, 0.2) is 116 Å². The number of aliphatic hydroxyl groups is 1. The number of rotatable bonds is 17. The molecule has 14 nitrogen and oxygen atoms in total. The summed E-state index contributed by atoms with van der Waals surface area (Å²) in [6.45, 7) is 3.22. The standard InChI is InChI=1S/C61H73N9O5/c1-40(63-2)58(73)67-61(38-71,47-21-10-5-11-22-47)37-68-35-42(33-52(68)60(75)66-51-24-14-20-43-15-12-13-23-50(43)51)34-64-59(74)46-27-25-41(26-28-46)36-69-55(45-18-8-4-9-19-45)53(44-16-6-3-7-17-44)54-56(62)70(39-65-57(54)69)48-29-31-49(72)32-30-48/h3-4,6-9,12-13,15-19,23,25-28,38-40,42,47-49,51-52,62-63,72H,5,10-11,14,20-22,24,29-37H2,1-2H3,(H,64,74)(H,66,75)(H,67,73)/t40-,42?,48?,49?,51+,52-,61?/m0/s1. The zero-order valence-corrected chi connectivity index (χ0v) is 43.5. The fourth-order valence-corrected chi connectivity index (χ4v) is 12.7. The summed E-state index contributed by atoms with van der Waals surface area (Å²) in [6.07, 6.45) is 13.3. The molecule has 2 saturated carbocycles. The highest BCUT2D eigenvalue weighted by atomic mass is 16.3. The fourth-order valence-electron chi connectivity index (χ4n) is 12.7. The van der Waals surface area contributed by atoms with Crippen LogP contribution in [0.1, 0.15) is 123 Å². The van der Waals surface area contributed by atoms with Crippen molar-refractivity contribution >= 4 is 35.0 Å². The zero-order valence-electron chi connectivity index (χ0n) is 43.5. The number of fused-ring (bicyclic) bond motifs is 2. The molecule has 2 unspecified atom stereocenters. The lowest BCUT2D eigenvalue weighted by atomic mass is 9.74. The molecule has 0 radical (unpaired) electrons. The average Bonchev–Trinajstić information content (AvgIpc) is 4.03. The summed E-state index contributed by atoms with van der Waals surface area (Å²) in [5.74, 6) is -0.732. The van der Waals surface area contributed by atoms with E-state index in [0.717, 1.165) is 109 Å². The number of likely N-dealkylation sites (N-methyl/N-ethyl adjacent to an activating group) is 1. The Morgan fingerprint density at radius 2 is 1.53 bits per heavy atom. The number of hydrogen-bond donors (Lipinski definition) is 6. The van der Waals surface area contributed by atoms with Gasteiger partial charge in [0.2, 0.25) is 11.8 Å². The molecule has 6 N–H and O–H groups in total. The highest BCUT2D eigenvalue weighted by Crippen LogP contribution is 2.41. The number of amides is 3. The van der Waals surface area contributed by atoms with Crippen molar-refractivity contribution in [3.8, 4) is 22.4 Å². The Bertz CT molecular complexity index is 3030. The third-order valence-corrected chi connectivity index (χ3v) is 17.0. The molecule has 3 aliphatic carbocycles. The Balaban J connectivity index is 0.900. The maximum absolute atomic E-state index is 14.6. The van der Waals surface area contributed by atoms with Crippen LogP contribution in [-0.4, -0.2) is 98.5 Å². The van der Waals surface area contributed by atoms with Crippen molar-refractivity contribution < 1.29 is 24.3 Å². The summed E-state index contributed by atoms with van der Waals surface area (Å²) in [4.78, 5) is 63.1. The number of aliphatic hydroxyl groups excluding tert-OH is 1. The number of aryl methyl sites for hydroxylation is 1. The molecular formula is C61H73N9O5. The second-order valence-electron chi connectivity index (χ2n) is 21.8. The molecule has 0 spiro atoms. The normalized spacial score (nSPS) is 22.4. The van der Waals surface area contributed by atoms with Gasteiger partial charge in [-0.15, -0.1) is 0 Å². The van der Waals surface area contributed by atoms with Gasteiger partial charge in [0.25, 0.3) is 5.91 Å². The lowest BCUT2D eigenvalue weighted by molar-refractivity contribution is -0.132. The first kappa shape index (κ1) is 51.7. The molecule has 2 aromatic heterocycles. The predicted molar refractivity (Wildman–Crippen MR) is 292 cm³/mol. The van der Waals surface area contributed by atoms with Gasteiger partial charge in [0, 0.05) is 43.3 Å². The van der Waals surface area contributed by atoms with Crippen LogP contribution >= 0.6 is 0 Å². The molecule has 1 aliphatic heterocycles. The van der Waals surface area contributed by atoms with E-state index in [2.05, 4.69) is 67.1 Å². The van der Waals surface area contributed by atoms with E-state index in [1.165, 1.54) is 5.56 Å². The number of hydrogen-bond acceptors (Lipinski definition) is 9. The van der Waals surface area contributed by atoms with E-state index in [1.807, 2.05) is 77.4 Å². The smallest absolute Gasteiger partial charge is 0.251 e. The van der Waals surface area contributed by atoms with Crippen LogP contribution in [-0.2, 0) is 27.3 Å². The van der Waals surface area contributed by atoms with E-state index in [9.17, 15) is 29.7 Å². The van der Waals surface area contributed by atoms with Gasteiger partial charge >= 0.3 is 0 Å². The van der Waals surface area contributed by atoms with Gasteiger partial charge in [0.1, 0.15) is 23.0 Å². The average molecular weight is 1010 g/mol. The van der Waals surface area contributed by atoms with Gasteiger partial charge < -0.3 is 40.3 Å². The molecular weight excluding hydrogens is 939 g/mol. The molecule has 3 heterocycles. The summed E-state index contributed by atoms with van der Waals surface area (Å²) >= 11 is 0. The quantitative estimate of drug-likeness (QED) is 0.0496. The minimum Gasteiger partial charge on any atom is -0.393 e. The molecule has 10 rings (SSSR count). The third-order valence-electron chi connectivity index (χ3n) is 17.0. The summed E-state index contributed by atoms with van der Waals surface area (Å²) in [6, 6.07) is 35.3. The van der Waals surface area contributed by atoms with E-state index >= 15 is 0 Å². The monoisotopic (exact) mass is 1010 g/mol. The van der Waals surface area contributed by atoms with Crippen molar-refractivity contribution in [1.82, 2.24) is 40.3 Å². The first-order valence-electron chi connectivity index (χ1n) is 27.5. The molecule has 4 aromatic carbocycles. The summed E-state index contributed by atoms with van der Waals surface area (Å²) in [5, 5.41) is 33.7. The van der Waals surface area contributed by atoms with Gasteiger partial charge in [-0.25, -0.2) is 4.98 Å². The second kappa shape index (κ2) is 23.0. The van der Waals surface area contributed by atoms with Crippen LogP contribution in [0, 0.1) is 17.2 Å². The van der Waals surface area contributed by atoms with Gasteiger partial charge in [-0.3, -0.25) is 24.7 Å². The van der Waals surface area contributed by atoms with Crippen molar-refractivity contribution in [2.75, 3.05) is 26.7 Å². The number of aromatic nitrogens is 3. The number of aldehydes is 1.